The number of β-amino-alcohol motifs (C(OH)–C–C–N with tert-alkyl or cyclic N) is 1. The number of aliphatic hydroxyl groups excluding tert-OH is 1. The quantitative estimate of drug-likeness (QED) is 0.838. The number of aryl methyl sites for hydroxylation is 1. The predicted molar refractivity (Wildman–Crippen MR) is 88.8 cm³/mol. The molecule has 1 atom stereocenters. The largest absolute Gasteiger partial charge is 0.390 e. The van der Waals surface area contributed by atoms with E-state index in [4.69, 9.17) is 4.74 Å². The van der Waals surface area contributed by atoms with E-state index in [0.29, 0.717) is 0 Å². The molecular weight excluding hydrogens is 300 g/mol. The van der Waals surface area contributed by atoms with Crippen LogP contribution in [0, 0.1) is 6.92 Å². The number of morpholine rings is 1. The summed E-state index contributed by atoms with van der Waals surface area (Å²) >= 11 is 1.72. The van der Waals surface area contributed by atoms with Gasteiger partial charge in [0.15, 0.2) is 5.13 Å². The summed E-state index contributed by atoms with van der Waals surface area (Å²) in [5.41, 5.74) is 1.10. The first kappa shape index (κ1) is 16.1. The fraction of sp³-hybridized carbons (Fsp3) is 0.800. The van der Waals surface area contributed by atoms with Crippen LogP contribution in [0.2, 0.25) is 0 Å². The first-order valence-corrected chi connectivity index (χ1v) is 8.96. The lowest BCUT2D eigenvalue weighted by atomic mass is 10.2. The molecule has 2 fully saturated rings. The first-order valence-electron chi connectivity index (χ1n) is 8.08. The second kappa shape index (κ2) is 7.70. The molecule has 0 amide bonds. The molecular formula is C15H26N4O2S. The Balaban J connectivity index is 1.39. The molecule has 6 nitrogen and oxygen atoms in total. The summed E-state index contributed by atoms with van der Waals surface area (Å²) in [7, 11) is 0. The average molecular weight is 326 g/mol. The van der Waals surface area contributed by atoms with E-state index in [1.54, 1.807) is 11.3 Å². The van der Waals surface area contributed by atoms with Crippen LogP contribution in [-0.2, 0) is 4.74 Å². The molecule has 124 valence electrons. The van der Waals surface area contributed by atoms with Crippen LogP contribution in [0.25, 0.3) is 0 Å². The van der Waals surface area contributed by atoms with Crippen molar-refractivity contribution < 1.29 is 9.84 Å². The number of anilines is 1. The van der Waals surface area contributed by atoms with Gasteiger partial charge in [-0.1, -0.05) is 0 Å². The lowest BCUT2D eigenvalue weighted by Gasteiger charge is -2.36. The van der Waals surface area contributed by atoms with Crippen LogP contribution in [0.15, 0.2) is 5.38 Å². The number of piperazine rings is 1. The van der Waals surface area contributed by atoms with Gasteiger partial charge in [0.1, 0.15) is 0 Å². The molecule has 3 heterocycles. The molecule has 2 saturated heterocycles. The van der Waals surface area contributed by atoms with E-state index in [1.807, 2.05) is 6.92 Å². The Hall–Kier alpha value is -0.730. The lowest BCUT2D eigenvalue weighted by molar-refractivity contribution is 0.00656. The van der Waals surface area contributed by atoms with E-state index in [2.05, 4.69) is 25.1 Å². The molecule has 7 heteroatoms. The summed E-state index contributed by atoms with van der Waals surface area (Å²) in [5.74, 6) is 0. The van der Waals surface area contributed by atoms with Crippen molar-refractivity contribution >= 4 is 16.5 Å². The van der Waals surface area contributed by atoms with Crippen LogP contribution in [0.4, 0.5) is 5.13 Å². The number of aromatic nitrogens is 1. The third kappa shape index (κ3) is 4.39. The number of hydrogen-bond acceptors (Lipinski definition) is 7. The highest BCUT2D eigenvalue weighted by Crippen LogP contribution is 2.21. The Morgan fingerprint density at radius 2 is 1.77 bits per heavy atom. The van der Waals surface area contributed by atoms with E-state index < -0.39 is 0 Å². The van der Waals surface area contributed by atoms with Gasteiger partial charge in [0.25, 0.3) is 0 Å². The van der Waals surface area contributed by atoms with Gasteiger partial charge in [-0.05, 0) is 6.92 Å². The van der Waals surface area contributed by atoms with Crippen molar-refractivity contribution in [2.45, 2.75) is 13.0 Å². The summed E-state index contributed by atoms with van der Waals surface area (Å²) in [6.45, 7) is 11.0. The standard InChI is InChI=1S/C15H26N4O2S/c1-13-12-22-15(16-13)19-4-2-17(3-5-19)10-14(20)11-18-6-8-21-9-7-18/h12,14,20H,2-11H2,1H3. The topological polar surface area (TPSA) is 52.1 Å². The summed E-state index contributed by atoms with van der Waals surface area (Å²) in [6, 6.07) is 0. The minimum absolute atomic E-state index is 0.272. The summed E-state index contributed by atoms with van der Waals surface area (Å²) in [6.07, 6.45) is -0.272. The molecule has 0 saturated carbocycles. The maximum absolute atomic E-state index is 10.3. The van der Waals surface area contributed by atoms with Gasteiger partial charge in [-0.3, -0.25) is 9.80 Å². The molecule has 0 radical (unpaired) electrons. The van der Waals surface area contributed by atoms with Crippen LogP contribution >= 0.6 is 11.3 Å². The second-order valence-corrected chi connectivity index (χ2v) is 6.96. The Labute approximate surface area is 136 Å². The molecule has 2 aliphatic rings. The predicted octanol–water partition coefficient (Wildman–Crippen LogP) is 0.267. The molecule has 0 aromatic carbocycles. The van der Waals surface area contributed by atoms with Crippen LogP contribution in [0.3, 0.4) is 0 Å². The van der Waals surface area contributed by atoms with E-state index in [1.165, 1.54) is 0 Å². The minimum Gasteiger partial charge on any atom is -0.390 e. The molecule has 2 aliphatic heterocycles. The number of thiazole rings is 1. The average Bonchev–Trinajstić information content (AvgIpc) is 2.95. The number of nitrogens with zero attached hydrogens (tertiary/aromatic N) is 4. The molecule has 1 N–H and O–H groups in total. The fourth-order valence-corrected chi connectivity index (χ4v) is 3.90. The van der Waals surface area contributed by atoms with Gasteiger partial charge < -0.3 is 14.7 Å². The second-order valence-electron chi connectivity index (χ2n) is 6.13. The number of rotatable bonds is 5. The van der Waals surface area contributed by atoms with Crippen molar-refractivity contribution in [3.05, 3.63) is 11.1 Å². The Kier molecular flexibility index (Phi) is 5.65. The van der Waals surface area contributed by atoms with Gasteiger partial charge in [-0.25, -0.2) is 4.98 Å². The van der Waals surface area contributed by atoms with Gasteiger partial charge in [0.2, 0.25) is 0 Å². The normalized spacial score (nSPS) is 22.9. The smallest absolute Gasteiger partial charge is 0.185 e. The van der Waals surface area contributed by atoms with E-state index in [9.17, 15) is 5.11 Å². The summed E-state index contributed by atoms with van der Waals surface area (Å²) in [5, 5.41) is 13.5. The van der Waals surface area contributed by atoms with Crippen molar-refractivity contribution in [3.8, 4) is 0 Å². The van der Waals surface area contributed by atoms with E-state index in [0.717, 1.165) is 76.4 Å². The van der Waals surface area contributed by atoms with Gasteiger partial charge >= 0.3 is 0 Å². The maximum atomic E-state index is 10.3. The highest BCUT2D eigenvalue weighted by atomic mass is 32.1. The molecule has 22 heavy (non-hydrogen) atoms. The molecule has 0 spiro atoms. The highest BCUT2D eigenvalue weighted by molar-refractivity contribution is 7.13. The first-order chi connectivity index (χ1) is 10.7. The van der Waals surface area contributed by atoms with Crippen molar-refractivity contribution in [2.75, 3.05) is 70.5 Å². The van der Waals surface area contributed by atoms with Crippen molar-refractivity contribution in [1.82, 2.24) is 14.8 Å². The van der Waals surface area contributed by atoms with Gasteiger partial charge in [0, 0.05) is 57.7 Å². The number of ether oxygens (including phenoxy) is 1. The van der Waals surface area contributed by atoms with Crippen LogP contribution in [-0.4, -0.2) is 91.6 Å². The molecule has 0 bridgehead atoms. The molecule has 3 rings (SSSR count). The van der Waals surface area contributed by atoms with Crippen LogP contribution in [0.5, 0.6) is 0 Å². The minimum atomic E-state index is -0.272. The van der Waals surface area contributed by atoms with Gasteiger partial charge in [0.05, 0.1) is 25.0 Å². The van der Waals surface area contributed by atoms with Crippen molar-refractivity contribution in [1.29, 1.82) is 0 Å². The Bertz CT molecular complexity index is 456. The van der Waals surface area contributed by atoms with Crippen molar-refractivity contribution in [2.24, 2.45) is 0 Å². The number of hydrogen-bond donors (Lipinski definition) is 1. The molecule has 1 aromatic heterocycles. The van der Waals surface area contributed by atoms with E-state index >= 15 is 0 Å². The summed E-state index contributed by atoms with van der Waals surface area (Å²) < 4.78 is 5.34. The third-order valence-corrected chi connectivity index (χ3v) is 5.31. The van der Waals surface area contributed by atoms with Crippen molar-refractivity contribution in [3.63, 3.8) is 0 Å². The van der Waals surface area contributed by atoms with E-state index in [-0.39, 0.29) is 6.10 Å². The maximum Gasteiger partial charge on any atom is 0.185 e. The molecule has 0 aliphatic carbocycles. The Morgan fingerprint density at radius 3 is 2.36 bits per heavy atom. The zero-order chi connectivity index (χ0) is 15.4. The van der Waals surface area contributed by atoms with Crippen LogP contribution < -0.4 is 4.90 Å². The monoisotopic (exact) mass is 326 g/mol. The third-order valence-electron chi connectivity index (χ3n) is 4.29. The van der Waals surface area contributed by atoms with Gasteiger partial charge in [-0.15, -0.1) is 11.3 Å². The molecule has 1 aromatic rings. The van der Waals surface area contributed by atoms with Crippen LogP contribution in [0.1, 0.15) is 5.69 Å². The lowest BCUT2D eigenvalue weighted by Crippen LogP contribution is -2.50. The fourth-order valence-electron chi connectivity index (χ4n) is 3.05. The number of aliphatic hydroxyl groups is 1. The molecule has 1 unspecified atom stereocenters. The zero-order valence-corrected chi connectivity index (χ0v) is 14.1. The SMILES string of the molecule is Cc1csc(N2CCN(CC(O)CN3CCOCC3)CC2)n1. The van der Waals surface area contributed by atoms with Gasteiger partial charge in [-0.2, -0.15) is 0 Å². The zero-order valence-electron chi connectivity index (χ0n) is 13.3. The summed E-state index contributed by atoms with van der Waals surface area (Å²) in [4.78, 5) is 11.6. The Morgan fingerprint density at radius 1 is 1.14 bits per heavy atom. The highest BCUT2D eigenvalue weighted by Gasteiger charge is 2.22.